The summed E-state index contributed by atoms with van der Waals surface area (Å²) in [7, 11) is 3.72. The molecule has 0 spiro atoms. The number of carbonyl (C=O) groups excluding carboxylic acids is 1. The number of ether oxygens (including phenoxy) is 1. The van der Waals surface area contributed by atoms with Gasteiger partial charge in [0.15, 0.2) is 0 Å². The Balaban J connectivity index is 2.67. The molecule has 0 aliphatic heterocycles. The molecule has 0 amide bonds. The summed E-state index contributed by atoms with van der Waals surface area (Å²) in [5.41, 5.74) is 3.43. The first-order valence-electron chi connectivity index (χ1n) is 4.70. The summed E-state index contributed by atoms with van der Waals surface area (Å²) in [4.78, 5) is 15.4. The maximum atomic E-state index is 11.3. The van der Waals surface area contributed by atoms with Gasteiger partial charge in [-0.25, -0.2) is 14.8 Å². The molecule has 1 N–H and O–H groups in total. The van der Waals surface area contributed by atoms with Crippen LogP contribution in [0.2, 0.25) is 0 Å². The van der Waals surface area contributed by atoms with Gasteiger partial charge in [0, 0.05) is 20.3 Å². The third-order valence-corrected chi connectivity index (χ3v) is 1.61. The molecule has 5 nitrogen and oxygen atoms in total. The van der Waals surface area contributed by atoms with Crippen LogP contribution >= 0.6 is 0 Å². The van der Waals surface area contributed by atoms with Gasteiger partial charge in [0.1, 0.15) is 5.82 Å². The molecule has 1 aromatic heterocycles. The number of anilines is 1. The van der Waals surface area contributed by atoms with E-state index in [1.54, 1.807) is 24.1 Å². The average Bonchev–Trinajstić information content (AvgIpc) is 2.18. The van der Waals surface area contributed by atoms with Gasteiger partial charge in [0.25, 0.3) is 0 Å². The highest BCUT2D eigenvalue weighted by atomic mass is 16.5. The van der Waals surface area contributed by atoms with Gasteiger partial charge >= 0.3 is 5.97 Å². The number of carbonyl (C=O) groups is 1. The molecule has 0 aromatic carbocycles. The van der Waals surface area contributed by atoms with Crippen molar-refractivity contribution in [1.82, 2.24) is 9.99 Å². The quantitative estimate of drug-likeness (QED) is 0.595. The molecular weight excluding hydrogens is 194 g/mol. The fraction of sp³-hybridized carbons (Fsp3) is 0.400. The number of pyridine rings is 1. The zero-order valence-electron chi connectivity index (χ0n) is 9.15. The zero-order chi connectivity index (χ0) is 11.3. The van der Waals surface area contributed by atoms with Crippen LogP contribution < -0.4 is 5.43 Å². The Labute approximate surface area is 89.0 Å². The molecule has 0 saturated heterocycles. The summed E-state index contributed by atoms with van der Waals surface area (Å²) in [6.07, 6.45) is 1.49. The van der Waals surface area contributed by atoms with Gasteiger partial charge in [-0.1, -0.05) is 0 Å². The van der Waals surface area contributed by atoms with E-state index in [1.807, 2.05) is 14.1 Å². The molecule has 0 fully saturated rings. The van der Waals surface area contributed by atoms with E-state index in [-0.39, 0.29) is 5.97 Å². The predicted molar refractivity (Wildman–Crippen MR) is 57.5 cm³/mol. The van der Waals surface area contributed by atoms with Crippen molar-refractivity contribution in [2.45, 2.75) is 6.92 Å². The van der Waals surface area contributed by atoms with E-state index in [2.05, 4.69) is 10.4 Å². The number of nitrogens with zero attached hydrogens (tertiary/aromatic N) is 2. The predicted octanol–water partition coefficient (Wildman–Crippen LogP) is 1.15. The van der Waals surface area contributed by atoms with Crippen LogP contribution in [0.15, 0.2) is 18.3 Å². The molecular formula is C10H15N3O2. The number of hydrazine groups is 1. The van der Waals surface area contributed by atoms with E-state index < -0.39 is 0 Å². The first-order valence-corrected chi connectivity index (χ1v) is 4.70. The summed E-state index contributed by atoms with van der Waals surface area (Å²) in [5, 5.41) is 1.77. The Morgan fingerprint density at radius 3 is 2.73 bits per heavy atom. The van der Waals surface area contributed by atoms with E-state index >= 15 is 0 Å². The second-order valence-electron chi connectivity index (χ2n) is 3.16. The van der Waals surface area contributed by atoms with Crippen LogP contribution in [0.4, 0.5) is 5.82 Å². The van der Waals surface area contributed by atoms with Crippen LogP contribution in [-0.4, -0.2) is 36.7 Å². The number of hydrogen-bond acceptors (Lipinski definition) is 5. The minimum Gasteiger partial charge on any atom is -0.462 e. The maximum Gasteiger partial charge on any atom is 0.339 e. The minimum atomic E-state index is -0.346. The van der Waals surface area contributed by atoms with Crippen molar-refractivity contribution in [1.29, 1.82) is 0 Å². The van der Waals surface area contributed by atoms with Crippen molar-refractivity contribution in [2.75, 3.05) is 26.1 Å². The van der Waals surface area contributed by atoms with Gasteiger partial charge in [0.2, 0.25) is 0 Å². The molecule has 0 aliphatic carbocycles. The molecule has 0 aliphatic rings. The molecule has 82 valence electrons. The molecule has 0 atom stereocenters. The highest BCUT2D eigenvalue weighted by Crippen LogP contribution is 2.06. The van der Waals surface area contributed by atoms with Crippen molar-refractivity contribution < 1.29 is 9.53 Å². The molecule has 1 aromatic rings. The van der Waals surface area contributed by atoms with Gasteiger partial charge in [0.05, 0.1) is 12.2 Å². The fourth-order valence-corrected chi connectivity index (χ4v) is 1.02. The summed E-state index contributed by atoms with van der Waals surface area (Å²) in [6.45, 7) is 2.14. The van der Waals surface area contributed by atoms with Crippen molar-refractivity contribution in [3.8, 4) is 0 Å². The molecule has 1 heterocycles. The molecule has 15 heavy (non-hydrogen) atoms. The number of esters is 1. The van der Waals surface area contributed by atoms with Gasteiger partial charge < -0.3 is 10.2 Å². The first kappa shape index (κ1) is 11.5. The van der Waals surface area contributed by atoms with E-state index in [9.17, 15) is 4.79 Å². The van der Waals surface area contributed by atoms with Gasteiger partial charge in [-0.05, 0) is 19.1 Å². The molecule has 0 bridgehead atoms. The molecule has 0 unspecified atom stereocenters. The van der Waals surface area contributed by atoms with Crippen LogP contribution in [0.1, 0.15) is 17.3 Å². The van der Waals surface area contributed by atoms with Gasteiger partial charge in [-0.2, -0.15) is 0 Å². The van der Waals surface area contributed by atoms with E-state index in [0.29, 0.717) is 18.0 Å². The highest BCUT2D eigenvalue weighted by molar-refractivity contribution is 5.89. The fourth-order valence-electron chi connectivity index (χ4n) is 1.02. The first-order chi connectivity index (χ1) is 7.13. The van der Waals surface area contributed by atoms with Crippen molar-refractivity contribution in [3.05, 3.63) is 23.9 Å². The normalized spacial score (nSPS) is 10.1. The Hall–Kier alpha value is -1.62. The van der Waals surface area contributed by atoms with Gasteiger partial charge in [-0.15, -0.1) is 0 Å². The highest BCUT2D eigenvalue weighted by Gasteiger charge is 2.06. The van der Waals surface area contributed by atoms with Crippen LogP contribution in [0, 0.1) is 0 Å². The second kappa shape index (κ2) is 5.31. The largest absolute Gasteiger partial charge is 0.462 e. The third kappa shape index (κ3) is 3.55. The lowest BCUT2D eigenvalue weighted by molar-refractivity contribution is 0.0526. The lowest BCUT2D eigenvalue weighted by Gasteiger charge is -2.12. The molecule has 1 rings (SSSR count). The Bertz CT molecular complexity index is 322. The van der Waals surface area contributed by atoms with E-state index in [0.717, 1.165) is 0 Å². The summed E-state index contributed by atoms with van der Waals surface area (Å²) < 4.78 is 4.84. The monoisotopic (exact) mass is 209 g/mol. The maximum absolute atomic E-state index is 11.3. The smallest absolute Gasteiger partial charge is 0.339 e. The standard InChI is InChI=1S/C10H15N3O2/c1-4-15-10(14)8-5-6-9(11-7-8)12-13(2)3/h5-7H,4H2,1-3H3,(H,11,12). The average molecular weight is 209 g/mol. The Morgan fingerprint density at radius 2 is 2.27 bits per heavy atom. The molecule has 5 heteroatoms. The van der Waals surface area contributed by atoms with E-state index in [4.69, 9.17) is 4.74 Å². The van der Waals surface area contributed by atoms with Crippen molar-refractivity contribution >= 4 is 11.8 Å². The topological polar surface area (TPSA) is 54.5 Å². The Morgan fingerprint density at radius 1 is 1.53 bits per heavy atom. The van der Waals surface area contributed by atoms with Crippen molar-refractivity contribution in [3.63, 3.8) is 0 Å². The van der Waals surface area contributed by atoms with Crippen LogP contribution in [0.25, 0.3) is 0 Å². The molecule has 0 saturated carbocycles. The third-order valence-electron chi connectivity index (χ3n) is 1.61. The summed E-state index contributed by atoms with van der Waals surface area (Å²) >= 11 is 0. The number of nitrogens with one attached hydrogen (secondary N) is 1. The van der Waals surface area contributed by atoms with Crippen LogP contribution in [0.3, 0.4) is 0 Å². The summed E-state index contributed by atoms with van der Waals surface area (Å²) in [5.74, 6) is 0.342. The Kier molecular flexibility index (Phi) is 4.05. The van der Waals surface area contributed by atoms with E-state index in [1.165, 1.54) is 6.20 Å². The number of hydrogen-bond donors (Lipinski definition) is 1. The number of rotatable bonds is 4. The lowest BCUT2D eigenvalue weighted by Crippen LogP contribution is -2.20. The minimum absolute atomic E-state index is 0.346. The van der Waals surface area contributed by atoms with Crippen LogP contribution in [0.5, 0.6) is 0 Å². The molecule has 0 radical (unpaired) electrons. The number of aromatic nitrogens is 1. The lowest BCUT2D eigenvalue weighted by atomic mass is 10.3. The van der Waals surface area contributed by atoms with Crippen molar-refractivity contribution in [2.24, 2.45) is 0 Å². The SMILES string of the molecule is CCOC(=O)c1ccc(NN(C)C)nc1. The zero-order valence-corrected chi connectivity index (χ0v) is 9.15. The van der Waals surface area contributed by atoms with Gasteiger partial charge in [-0.3, -0.25) is 0 Å². The second-order valence-corrected chi connectivity index (χ2v) is 3.16. The van der Waals surface area contributed by atoms with Crippen LogP contribution in [-0.2, 0) is 4.74 Å². The summed E-state index contributed by atoms with van der Waals surface area (Å²) in [6, 6.07) is 3.41.